The Labute approximate surface area is 224 Å². The monoisotopic (exact) mass is 552 g/mol. The van der Waals surface area contributed by atoms with Gasteiger partial charge in [0.05, 0.1) is 16.5 Å². The molecule has 2 aromatic heterocycles. The van der Waals surface area contributed by atoms with Gasteiger partial charge in [-0.2, -0.15) is 0 Å². The SMILES string of the molecule is C[C@H](CS(C)(=O)=O)NC1CCC(Cc2cc(-c3ccc(F)c(NCC4CCOCC4)n3)c(Cl)cn2)CC1. The Kier molecular flexibility index (Phi) is 9.78. The van der Waals surface area contributed by atoms with Crippen LogP contribution in [0, 0.1) is 17.7 Å². The van der Waals surface area contributed by atoms with Gasteiger partial charge in [0.15, 0.2) is 11.6 Å². The number of anilines is 1. The number of hydrogen-bond donors (Lipinski definition) is 2. The smallest absolute Gasteiger partial charge is 0.165 e. The highest BCUT2D eigenvalue weighted by Gasteiger charge is 2.24. The van der Waals surface area contributed by atoms with Gasteiger partial charge in [0, 0.05) is 55.6 Å². The van der Waals surface area contributed by atoms with E-state index >= 15 is 0 Å². The van der Waals surface area contributed by atoms with Crippen LogP contribution in [0.5, 0.6) is 0 Å². The highest BCUT2D eigenvalue weighted by molar-refractivity contribution is 7.90. The van der Waals surface area contributed by atoms with Gasteiger partial charge in [0.25, 0.3) is 0 Å². The summed E-state index contributed by atoms with van der Waals surface area (Å²) >= 11 is 6.50. The summed E-state index contributed by atoms with van der Waals surface area (Å²) in [5.41, 5.74) is 2.33. The first-order valence-electron chi connectivity index (χ1n) is 13.2. The first-order valence-corrected chi connectivity index (χ1v) is 15.7. The Balaban J connectivity index is 1.36. The number of nitrogens with zero attached hydrogens (tertiary/aromatic N) is 2. The second kappa shape index (κ2) is 12.8. The molecule has 2 fully saturated rings. The Hall–Kier alpha value is -1.81. The molecule has 204 valence electrons. The van der Waals surface area contributed by atoms with Gasteiger partial charge in [0.1, 0.15) is 9.84 Å². The summed E-state index contributed by atoms with van der Waals surface area (Å²) in [5.74, 6) is 0.978. The fourth-order valence-corrected chi connectivity index (χ4v) is 6.64. The molecule has 2 aliphatic rings. The molecule has 0 spiro atoms. The molecule has 1 saturated carbocycles. The van der Waals surface area contributed by atoms with E-state index in [4.69, 9.17) is 16.3 Å². The van der Waals surface area contributed by atoms with Crippen LogP contribution in [-0.2, 0) is 21.0 Å². The highest BCUT2D eigenvalue weighted by Crippen LogP contribution is 2.32. The molecule has 7 nitrogen and oxygen atoms in total. The molecule has 4 rings (SSSR count). The first kappa shape index (κ1) is 28.2. The molecule has 2 aromatic rings. The van der Waals surface area contributed by atoms with Crippen molar-refractivity contribution in [1.82, 2.24) is 15.3 Å². The minimum atomic E-state index is -2.99. The van der Waals surface area contributed by atoms with Crippen molar-refractivity contribution < 1.29 is 17.5 Å². The van der Waals surface area contributed by atoms with E-state index in [1.807, 2.05) is 13.0 Å². The second-order valence-corrected chi connectivity index (χ2v) is 13.3. The van der Waals surface area contributed by atoms with Crippen LogP contribution in [-0.4, -0.2) is 62.2 Å². The van der Waals surface area contributed by atoms with Crippen molar-refractivity contribution in [1.29, 1.82) is 0 Å². The molecule has 0 amide bonds. The lowest BCUT2D eigenvalue weighted by molar-refractivity contribution is 0.0699. The van der Waals surface area contributed by atoms with E-state index in [1.165, 1.54) is 12.3 Å². The minimum absolute atomic E-state index is 0.0451. The van der Waals surface area contributed by atoms with Crippen molar-refractivity contribution in [2.45, 2.75) is 64.0 Å². The maximum Gasteiger partial charge on any atom is 0.165 e. The molecule has 0 radical (unpaired) electrons. The fourth-order valence-electron chi connectivity index (χ4n) is 5.43. The summed E-state index contributed by atoms with van der Waals surface area (Å²) in [6.07, 6.45) is 9.84. The standard InChI is InChI=1S/C27H38ClFN4O3S/c1-18(17-37(2,34)35)32-21-5-3-19(4-6-21)13-22-14-23(24(28)16-30-22)26-8-7-25(29)27(33-26)31-15-20-9-11-36-12-10-20/h7-8,14,16,18-21,32H,3-6,9-13,15,17H2,1-2H3,(H,31,33)/t18-,19?,21?/m1/s1. The van der Waals surface area contributed by atoms with E-state index < -0.39 is 9.84 Å². The van der Waals surface area contributed by atoms with Crippen molar-refractivity contribution in [2.75, 3.05) is 37.1 Å². The predicted octanol–water partition coefficient (Wildman–Crippen LogP) is 4.90. The number of nitrogens with one attached hydrogen (secondary N) is 2. The maximum absolute atomic E-state index is 14.5. The molecular formula is C27H38ClFN4O3S. The van der Waals surface area contributed by atoms with Crippen molar-refractivity contribution in [3.63, 3.8) is 0 Å². The van der Waals surface area contributed by atoms with Crippen LogP contribution < -0.4 is 10.6 Å². The number of hydrogen-bond acceptors (Lipinski definition) is 7. The summed E-state index contributed by atoms with van der Waals surface area (Å²) in [6, 6.07) is 5.37. The van der Waals surface area contributed by atoms with E-state index in [0.29, 0.717) is 35.1 Å². The largest absolute Gasteiger partial charge is 0.381 e. The first-order chi connectivity index (χ1) is 17.7. The van der Waals surface area contributed by atoms with E-state index in [-0.39, 0.29) is 23.4 Å². The summed E-state index contributed by atoms with van der Waals surface area (Å²) < 4.78 is 43.0. The van der Waals surface area contributed by atoms with Gasteiger partial charge >= 0.3 is 0 Å². The van der Waals surface area contributed by atoms with Gasteiger partial charge in [-0.05, 0) is 81.9 Å². The number of ether oxygens (including phenoxy) is 1. The Morgan fingerprint density at radius 2 is 1.86 bits per heavy atom. The number of halogens is 2. The van der Waals surface area contributed by atoms with E-state index in [9.17, 15) is 12.8 Å². The zero-order valence-electron chi connectivity index (χ0n) is 21.7. The van der Waals surface area contributed by atoms with Crippen molar-refractivity contribution in [2.24, 2.45) is 11.8 Å². The third-order valence-electron chi connectivity index (χ3n) is 7.35. The lowest BCUT2D eigenvalue weighted by Crippen LogP contribution is -2.42. The average molecular weight is 553 g/mol. The van der Waals surface area contributed by atoms with E-state index in [2.05, 4.69) is 20.6 Å². The van der Waals surface area contributed by atoms with E-state index in [0.717, 1.165) is 69.4 Å². The summed E-state index contributed by atoms with van der Waals surface area (Å²) in [6.45, 7) is 4.09. The number of pyridine rings is 2. The molecule has 0 bridgehead atoms. The molecule has 1 aliphatic heterocycles. The number of rotatable bonds is 10. The predicted molar refractivity (Wildman–Crippen MR) is 146 cm³/mol. The highest BCUT2D eigenvalue weighted by atomic mass is 35.5. The zero-order valence-corrected chi connectivity index (χ0v) is 23.3. The molecule has 1 saturated heterocycles. The molecule has 0 aromatic carbocycles. The van der Waals surface area contributed by atoms with Gasteiger partial charge in [-0.3, -0.25) is 4.98 Å². The topological polar surface area (TPSA) is 93.2 Å². The normalized spacial score (nSPS) is 22.1. The summed E-state index contributed by atoms with van der Waals surface area (Å²) in [7, 11) is -2.99. The third-order valence-corrected chi connectivity index (χ3v) is 8.76. The van der Waals surface area contributed by atoms with Gasteiger partial charge in [-0.15, -0.1) is 0 Å². The van der Waals surface area contributed by atoms with Crippen molar-refractivity contribution >= 4 is 27.3 Å². The Morgan fingerprint density at radius 3 is 2.57 bits per heavy atom. The van der Waals surface area contributed by atoms with Crippen molar-refractivity contribution in [3.8, 4) is 11.3 Å². The molecule has 3 heterocycles. The lowest BCUT2D eigenvalue weighted by atomic mass is 9.83. The van der Waals surface area contributed by atoms with Crippen LogP contribution in [0.2, 0.25) is 5.02 Å². The van der Waals surface area contributed by atoms with Crippen LogP contribution >= 0.6 is 11.6 Å². The zero-order chi connectivity index (χ0) is 26.4. The van der Waals surface area contributed by atoms with Crippen molar-refractivity contribution in [3.05, 3.63) is 40.9 Å². The van der Waals surface area contributed by atoms with E-state index in [1.54, 1.807) is 12.3 Å². The molecular weight excluding hydrogens is 515 g/mol. The molecule has 2 N–H and O–H groups in total. The fraction of sp³-hybridized carbons (Fsp3) is 0.630. The molecule has 37 heavy (non-hydrogen) atoms. The quantitative estimate of drug-likeness (QED) is 0.433. The number of sulfone groups is 1. The maximum atomic E-state index is 14.5. The minimum Gasteiger partial charge on any atom is -0.381 e. The second-order valence-electron chi connectivity index (χ2n) is 10.7. The van der Waals surface area contributed by atoms with Gasteiger partial charge in [-0.1, -0.05) is 11.6 Å². The molecule has 1 atom stereocenters. The van der Waals surface area contributed by atoms with Gasteiger partial charge in [0.2, 0.25) is 0 Å². The molecule has 0 unspecified atom stereocenters. The van der Waals surface area contributed by atoms with Crippen LogP contribution in [0.25, 0.3) is 11.3 Å². The molecule has 10 heteroatoms. The van der Waals surface area contributed by atoms with Gasteiger partial charge < -0.3 is 15.4 Å². The van der Waals surface area contributed by atoms with Crippen LogP contribution in [0.1, 0.15) is 51.1 Å². The van der Waals surface area contributed by atoms with Crippen LogP contribution in [0.3, 0.4) is 0 Å². The van der Waals surface area contributed by atoms with Gasteiger partial charge in [-0.25, -0.2) is 17.8 Å². The molecule has 1 aliphatic carbocycles. The van der Waals surface area contributed by atoms with Crippen LogP contribution in [0.15, 0.2) is 24.4 Å². The summed E-state index contributed by atoms with van der Waals surface area (Å²) in [5, 5.41) is 7.15. The van der Waals surface area contributed by atoms with Crippen LogP contribution in [0.4, 0.5) is 10.2 Å². The number of aromatic nitrogens is 2. The lowest BCUT2D eigenvalue weighted by Gasteiger charge is -2.31. The third kappa shape index (κ3) is 8.60. The summed E-state index contributed by atoms with van der Waals surface area (Å²) in [4.78, 5) is 9.12. The average Bonchev–Trinajstić information content (AvgIpc) is 2.85. The Bertz CT molecular complexity index is 1150. The Morgan fingerprint density at radius 1 is 1.14 bits per heavy atom.